The SMILES string of the molecule is CCCCCCC(CCCCCC)N1C(=O)c2ccc3c4ccc5c6c(ccc(c7ccc(c2c37)C1=O)c64)C(=O)N(CCCCCC(=O)Oc1ccc(Br)cc1)C5=O. The van der Waals surface area contributed by atoms with Crippen molar-refractivity contribution in [2.75, 3.05) is 6.54 Å². The van der Waals surface area contributed by atoms with Gasteiger partial charge in [0.05, 0.1) is 0 Å². The van der Waals surface area contributed by atoms with Crippen molar-refractivity contribution in [2.24, 2.45) is 0 Å². The number of carbonyl (C=O) groups excluding carboxylic acids is 5. The third-order valence-electron chi connectivity index (χ3n) is 12.2. The number of ether oxygens (including phenoxy) is 1. The maximum atomic E-state index is 14.5. The van der Waals surface area contributed by atoms with Gasteiger partial charge in [-0.2, -0.15) is 0 Å². The van der Waals surface area contributed by atoms with Gasteiger partial charge in [0.25, 0.3) is 23.6 Å². The normalized spacial score (nSPS) is 14.1. The topological polar surface area (TPSA) is 101 Å². The van der Waals surface area contributed by atoms with E-state index >= 15 is 0 Å². The summed E-state index contributed by atoms with van der Waals surface area (Å²) >= 11 is 3.37. The van der Waals surface area contributed by atoms with E-state index < -0.39 is 0 Å². The molecule has 8 nitrogen and oxygen atoms in total. The summed E-state index contributed by atoms with van der Waals surface area (Å²) in [4.78, 5) is 72.2. The molecule has 0 unspecified atom stereocenters. The number of rotatable bonds is 18. The van der Waals surface area contributed by atoms with Gasteiger partial charge in [-0.25, -0.2) is 0 Å². The summed E-state index contributed by atoms with van der Waals surface area (Å²) in [6.07, 6.45) is 12.4. The summed E-state index contributed by atoms with van der Waals surface area (Å²) in [5, 5.41) is 6.57. The Hall–Kier alpha value is -5.15. The molecule has 0 atom stereocenters. The molecule has 2 aliphatic heterocycles. The number of esters is 1. The van der Waals surface area contributed by atoms with E-state index in [1.807, 2.05) is 60.7 Å². The van der Waals surface area contributed by atoms with Crippen molar-refractivity contribution in [1.82, 2.24) is 9.80 Å². The van der Waals surface area contributed by atoms with Crippen LogP contribution in [0.15, 0.2) is 77.3 Å². The molecule has 298 valence electrons. The molecule has 6 aromatic rings. The van der Waals surface area contributed by atoms with Crippen LogP contribution in [0, 0.1) is 0 Å². The molecule has 8 rings (SSSR count). The minimum atomic E-state index is -0.331. The number of imide groups is 2. The molecule has 0 bridgehead atoms. The highest BCUT2D eigenvalue weighted by Crippen LogP contribution is 2.46. The summed E-state index contributed by atoms with van der Waals surface area (Å²) in [5.41, 5.74) is 2.07. The molecule has 6 aromatic carbocycles. The molecule has 0 aliphatic carbocycles. The van der Waals surface area contributed by atoms with Gasteiger partial charge in [0.2, 0.25) is 0 Å². The Morgan fingerprint density at radius 2 is 0.983 bits per heavy atom. The highest BCUT2D eigenvalue weighted by atomic mass is 79.9. The second-order valence-electron chi connectivity index (χ2n) is 16.0. The number of halogens is 1. The Labute approximate surface area is 347 Å². The lowest BCUT2D eigenvalue weighted by Gasteiger charge is -2.35. The number of hydrogen-bond acceptors (Lipinski definition) is 6. The molecule has 0 saturated heterocycles. The van der Waals surface area contributed by atoms with Crippen molar-refractivity contribution in [3.8, 4) is 5.75 Å². The molecule has 0 spiro atoms. The fraction of sp³-hybridized carbons (Fsp3) is 0.367. The van der Waals surface area contributed by atoms with Crippen LogP contribution < -0.4 is 4.74 Å². The molecule has 0 aromatic heterocycles. The number of carbonyl (C=O) groups is 5. The number of hydrogen-bond donors (Lipinski definition) is 0. The van der Waals surface area contributed by atoms with Gasteiger partial charge in [0.1, 0.15) is 5.75 Å². The predicted octanol–water partition coefficient (Wildman–Crippen LogP) is 12.2. The monoisotopic (exact) mass is 840 g/mol. The lowest BCUT2D eigenvalue weighted by Crippen LogP contribution is -2.47. The average Bonchev–Trinajstić information content (AvgIpc) is 3.23. The second-order valence-corrected chi connectivity index (χ2v) is 16.9. The van der Waals surface area contributed by atoms with Gasteiger partial charge in [-0.1, -0.05) is 112 Å². The Balaban J connectivity index is 1.06. The first-order valence-electron chi connectivity index (χ1n) is 21.1. The minimum absolute atomic E-state index is 0.137. The molecule has 0 N–H and O–H groups in total. The average molecular weight is 842 g/mol. The Morgan fingerprint density at radius 1 is 0.534 bits per heavy atom. The van der Waals surface area contributed by atoms with Gasteiger partial charge in [0, 0.05) is 56.5 Å². The smallest absolute Gasteiger partial charge is 0.311 e. The molecule has 0 fully saturated rings. The summed E-state index contributed by atoms with van der Waals surface area (Å²) in [6.45, 7) is 4.62. The fourth-order valence-electron chi connectivity index (χ4n) is 9.29. The standard InChI is InChI=1S/C49H49BrN2O6/c1-3-5-7-10-14-31(15-11-8-6-4-2)52-48(56)39-27-23-35-33-21-25-37-44-38(26-22-34(42(33)44)36-24-28-40(49(52)57)45(39)43(35)36)47(55)51(46(37)54)29-13-9-12-16-41(53)58-32-19-17-30(50)18-20-32/h17-28,31H,3-16,29H2,1-2H3. The molecule has 0 saturated carbocycles. The van der Waals surface area contributed by atoms with Crippen molar-refractivity contribution >= 4 is 88.6 Å². The van der Waals surface area contributed by atoms with E-state index in [1.165, 1.54) is 4.90 Å². The van der Waals surface area contributed by atoms with E-state index in [2.05, 4.69) is 29.8 Å². The Kier molecular flexibility index (Phi) is 11.6. The van der Waals surface area contributed by atoms with E-state index in [1.54, 1.807) is 17.0 Å². The molecule has 9 heteroatoms. The molecular weight excluding hydrogens is 792 g/mol. The van der Waals surface area contributed by atoms with Crippen LogP contribution in [-0.4, -0.2) is 52.0 Å². The van der Waals surface area contributed by atoms with Crippen molar-refractivity contribution in [3.63, 3.8) is 0 Å². The predicted molar refractivity (Wildman–Crippen MR) is 233 cm³/mol. The van der Waals surface area contributed by atoms with Crippen LogP contribution >= 0.6 is 15.9 Å². The van der Waals surface area contributed by atoms with Gasteiger partial charge < -0.3 is 4.74 Å². The Bertz CT molecular complexity index is 2450. The first-order chi connectivity index (χ1) is 28.2. The highest BCUT2D eigenvalue weighted by Gasteiger charge is 2.39. The van der Waals surface area contributed by atoms with E-state index in [-0.39, 0.29) is 48.6 Å². The molecule has 58 heavy (non-hydrogen) atoms. The quantitative estimate of drug-likeness (QED) is 0.0213. The number of unbranched alkanes of at least 4 members (excludes halogenated alkanes) is 8. The molecular formula is C49H49BrN2O6. The largest absolute Gasteiger partial charge is 0.427 e. The van der Waals surface area contributed by atoms with Crippen molar-refractivity contribution < 1.29 is 28.7 Å². The van der Waals surface area contributed by atoms with Crippen molar-refractivity contribution in [1.29, 1.82) is 0 Å². The van der Waals surface area contributed by atoms with Crippen LogP contribution in [0.4, 0.5) is 0 Å². The summed E-state index contributed by atoms with van der Waals surface area (Å²) in [5.74, 6) is -0.931. The van der Waals surface area contributed by atoms with Crippen LogP contribution in [0.5, 0.6) is 5.75 Å². The van der Waals surface area contributed by atoms with E-state index in [0.717, 1.165) is 101 Å². The van der Waals surface area contributed by atoms with E-state index in [9.17, 15) is 24.0 Å². The summed E-state index contributed by atoms with van der Waals surface area (Å²) in [7, 11) is 0. The fourth-order valence-corrected chi connectivity index (χ4v) is 9.55. The van der Waals surface area contributed by atoms with Crippen LogP contribution in [0.1, 0.15) is 145 Å². The lowest BCUT2D eigenvalue weighted by atomic mass is 9.82. The summed E-state index contributed by atoms with van der Waals surface area (Å²) in [6, 6.07) is 22.2. The number of nitrogens with zero attached hydrogens (tertiary/aromatic N) is 2. The summed E-state index contributed by atoms with van der Waals surface area (Å²) < 4.78 is 6.31. The number of fused-ring (bicyclic) bond motifs is 2. The van der Waals surface area contributed by atoms with Gasteiger partial charge in [-0.3, -0.25) is 33.8 Å². The van der Waals surface area contributed by atoms with Crippen LogP contribution in [-0.2, 0) is 4.79 Å². The zero-order valence-corrected chi connectivity index (χ0v) is 34.9. The third-order valence-corrected chi connectivity index (χ3v) is 12.7. The number of benzene rings is 6. The minimum Gasteiger partial charge on any atom is -0.427 e. The molecule has 0 radical (unpaired) electrons. The Morgan fingerprint density at radius 3 is 1.45 bits per heavy atom. The highest BCUT2D eigenvalue weighted by molar-refractivity contribution is 9.10. The first-order valence-corrected chi connectivity index (χ1v) is 21.9. The van der Waals surface area contributed by atoms with Gasteiger partial charge >= 0.3 is 5.97 Å². The van der Waals surface area contributed by atoms with Gasteiger partial charge in [-0.15, -0.1) is 0 Å². The maximum Gasteiger partial charge on any atom is 0.311 e. The first kappa shape index (κ1) is 39.7. The lowest BCUT2D eigenvalue weighted by molar-refractivity contribution is -0.134. The molecule has 4 amide bonds. The number of amides is 4. The van der Waals surface area contributed by atoms with Crippen LogP contribution in [0.3, 0.4) is 0 Å². The van der Waals surface area contributed by atoms with E-state index in [4.69, 9.17) is 4.74 Å². The second kappa shape index (κ2) is 17.0. The van der Waals surface area contributed by atoms with Gasteiger partial charge in [-0.05, 0) is 107 Å². The zero-order chi connectivity index (χ0) is 40.5. The molecule has 2 aliphatic rings. The van der Waals surface area contributed by atoms with E-state index in [0.29, 0.717) is 58.0 Å². The van der Waals surface area contributed by atoms with Crippen molar-refractivity contribution in [2.45, 2.75) is 110 Å². The van der Waals surface area contributed by atoms with Gasteiger partial charge in [0.15, 0.2) is 0 Å². The maximum absolute atomic E-state index is 14.5. The van der Waals surface area contributed by atoms with Crippen LogP contribution in [0.2, 0.25) is 0 Å². The molecule has 2 heterocycles. The van der Waals surface area contributed by atoms with Crippen LogP contribution in [0.25, 0.3) is 43.1 Å². The third kappa shape index (κ3) is 7.16. The van der Waals surface area contributed by atoms with Crippen molar-refractivity contribution in [3.05, 3.63) is 99.5 Å². The zero-order valence-electron chi connectivity index (χ0n) is 33.3.